The van der Waals surface area contributed by atoms with Crippen LogP contribution in [0.1, 0.15) is 22.3 Å². The quantitative estimate of drug-likeness (QED) is 0.313. The van der Waals surface area contributed by atoms with Gasteiger partial charge in [0.05, 0.1) is 32.9 Å². The fraction of sp³-hybridized carbons (Fsp3) is 0.367. The fourth-order valence-corrected chi connectivity index (χ4v) is 6.82. The number of aliphatic hydroxyl groups is 3. The van der Waals surface area contributed by atoms with E-state index in [-0.39, 0.29) is 29.7 Å². The van der Waals surface area contributed by atoms with E-state index in [1.54, 1.807) is 32.3 Å². The molecule has 4 atom stereocenters. The molecule has 0 bridgehead atoms. The number of primary amides is 1. The van der Waals surface area contributed by atoms with E-state index in [1.165, 1.54) is 32.3 Å². The summed E-state index contributed by atoms with van der Waals surface area (Å²) in [6.45, 7) is 0. The summed E-state index contributed by atoms with van der Waals surface area (Å²) in [5.41, 5.74) is 3.04. The van der Waals surface area contributed by atoms with Crippen molar-refractivity contribution in [3.63, 3.8) is 0 Å². The Morgan fingerprint density at radius 3 is 2.19 bits per heavy atom. The first-order chi connectivity index (χ1) is 19.8. The minimum Gasteiger partial charge on any atom is -0.510 e. The van der Waals surface area contributed by atoms with Crippen molar-refractivity contribution >= 4 is 17.5 Å². The third-order valence-electron chi connectivity index (χ3n) is 8.60. The highest BCUT2D eigenvalue weighted by Gasteiger charge is 2.63. The molecule has 2 aromatic carbocycles. The SMILES string of the molecule is COc1ccc(-c2ccc(O)c3c2C[C@@H]2C[C@@H]4[C@@H](N(C)C)C(O)=C(C(N)=O)C(=O)[C@]4(O)C(O)=C2C3=O)c(OC)c1OC. The number of allylic oxidation sites excluding steroid dienone is 1. The Morgan fingerprint density at radius 1 is 0.976 bits per heavy atom. The van der Waals surface area contributed by atoms with Crippen LogP contribution in [0.2, 0.25) is 0 Å². The Balaban J connectivity index is 1.74. The lowest BCUT2D eigenvalue weighted by Crippen LogP contribution is -2.63. The highest BCUT2D eigenvalue weighted by molar-refractivity contribution is 6.25. The molecule has 2 aromatic rings. The molecule has 3 aliphatic rings. The van der Waals surface area contributed by atoms with E-state index in [0.29, 0.717) is 33.9 Å². The maximum atomic E-state index is 14.0. The van der Waals surface area contributed by atoms with E-state index in [4.69, 9.17) is 19.9 Å². The van der Waals surface area contributed by atoms with Crippen LogP contribution in [0.3, 0.4) is 0 Å². The van der Waals surface area contributed by atoms with Gasteiger partial charge in [0.2, 0.25) is 11.5 Å². The summed E-state index contributed by atoms with van der Waals surface area (Å²) >= 11 is 0. The number of aliphatic hydroxyl groups excluding tert-OH is 2. The summed E-state index contributed by atoms with van der Waals surface area (Å²) in [4.78, 5) is 41.1. The van der Waals surface area contributed by atoms with Gasteiger partial charge in [-0.15, -0.1) is 0 Å². The van der Waals surface area contributed by atoms with Gasteiger partial charge in [0.25, 0.3) is 5.91 Å². The Labute approximate surface area is 241 Å². The van der Waals surface area contributed by atoms with Gasteiger partial charge in [-0.2, -0.15) is 0 Å². The van der Waals surface area contributed by atoms with E-state index in [9.17, 15) is 34.8 Å². The molecule has 0 unspecified atom stereocenters. The lowest BCUT2D eigenvalue weighted by Gasteiger charge is -2.50. The summed E-state index contributed by atoms with van der Waals surface area (Å²) < 4.78 is 16.6. The van der Waals surface area contributed by atoms with Gasteiger partial charge in [0, 0.05) is 17.1 Å². The number of Topliss-reactive ketones (excluding diaryl/α,β-unsaturated/α-hetero) is 2. The number of methoxy groups -OCH3 is 3. The van der Waals surface area contributed by atoms with E-state index in [0.717, 1.165) is 0 Å². The molecule has 12 nitrogen and oxygen atoms in total. The number of carbonyl (C=O) groups excluding carboxylic acids is 3. The van der Waals surface area contributed by atoms with Gasteiger partial charge in [-0.25, -0.2) is 0 Å². The molecule has 0 aliphatic heterocycles. The highest BCUT2D eigenvalue weighted by atomic mass is 16.5. The highest BCUT2D eigenvalue weighted by Crippen LogP contribution is 2.54. The van der Waals surface area contributed by atoms with Crippen molar-refractivity contribution in [2.75, 3.05) is 35.4 Å². The molecule has 0 heterocycles. The molecule has 3 aliphatic carbocycles. The fourth-order valence-electron chi connectivity index (χ4n) is 6.82. The molecule has 0 fully saturated rings. The topological polar surface area (TPSA) is 189 Å². The number of hydrogen-bond donors (Lipinski definition) is 5. The first-order valence-corrected chi connectivity index (χ1v) is 13.1. The van der Waals surface area contributed by atoms with Gasteiger partial charge in [-0.3, -0.25) is 19.3 Å². The van der Waals surface area contributed by atoms with Gasteiger partial charge >= 0.3 is 0 Å². The number of benzene rings is 2. The Hall–Kier alpha value is -4.55. The number of ether oxygens (including phenoxy) is 3. The average molecular weight is 581 g/mol. The van der Waals surface area contributed by atoms with Gasteiger partial charge in [0.15, 0.2) is 22.9 Å². The van der Waals surface area contributed by atoms with E-state index in [2.05, 4.69) is 0 Å². The maximum Gasteiger partial charge on any atom is 0.255 e. The van der Waals surface area contributed by atoms with Crippen molar-refractivity contribution < 1.29 is 49.0 Å². The number of nitrogens with two attached hydrogens (primary N) is 1. The number of ketones is 2. The monoisotopic (exact) mass is 580 g/mol. The number of rotatable bonds is 6. The standard InChI is InChI=1S/C30H32N2O10/c1-32(2)22-16-11-12-10-15-13(14-7-9-18(40-3)26(42-5)25(14)41-4)6-8-17(33)20(15)23(34)19(12)27(36)30(16,39)28(37)21(24(22)35)29(31)38/h6-9,12,16,22,33,35-36,39H,10-11H2,1-5H3,(H2,31,38)/t12-,16-,22-,30-/m1/s1. The summed E-state index contributed by atoms with van der Waals surface area (Å²) in [5.74, 6) is -6.01. The van der Waals surface area contributed by atoms with Crippen LogP contribution in [-0.2, 0) is 16.0 Å². The van der Waals surface area contributed by atoms with Crippen LogP contribution in [0.15, 0.2) is 46.9 Å². The molecular weight excluding hydrogens is 548 g/mol. The molecule has 12 heteroatoms. The molecule has 0 spiro atoms. The third-order valence-corrected chi connectivity index (χ3v) is 8.60. The van der Waals surface area contributed by atoms with Crippen molar-refractivity contribution in [2.45, 2.75) is 24.5 Å². The second-order valence-electron chi connectivity index (χ2n) is 10.8. The van der Waals surface area contributed by atoms with Crippen LogP contribution in [0.4, 0.5) is 0 Å². The minimum atomic E-state index is -2.70. The van der Waals surface area contributed by atoms with Gasteiger partial charge in [0.1, 0.15) is 22.8 Å². The van der Waals surface area contributed by atoms with Crippen molar-refractivity contribution in [3.05, 3.63) is 58.1 Å². The Kier molecular flexibility index (Phi) is 6.94. The number of phenols is 1. The number of nitrogens with zero attached hydrogens (tertiary/aromatic N) is 1. The average Bonchev–Trinajstić information content (AvgIpc) is 2.93. The van der Waals surface area contributed by atoms with Crippen LogP contribution in [-0.4, -0.2) is 89.9 Å². The van der Waals surface area contributed by atoms with Gasteiger partial charge < -0.3 is 40.4 Å². The summed E-state index contributed by atoms with van der Waals surface area (Å²) in [7, 11) is 7.56. The van der Waals surface area contributed by atoms with Crippen LogP contribution in [0, 0.1) is 11.8 Å². The molecular formula is C30H32N2O10. The zero-order chi connectivity index (χ0) is 30.8. The molecule has 0 radical (unpaired) electrons. The number of hydrogen-bond acceptors (Lipinski definition) is 11. The number of carbonyl (C=O) groups is 3. The number of likely N-dealkylation sites (N-methyl/N-ethyl adjacent to an activating group) is 1. The summed E-state index contributed by atoms with van der Waals surface area (Å²) in [6.07, 6.45) is 0.0969. The zero-order valence-corrected chi connectivity index (χ0v) is 23.7. The molecule has 0 aromatic heterocycles. The van der Waals surface area contributed by atoms with Crippen LogP contribution >= 0.6 is 0 Å². The first-order valence-electron chi connectivity index (χ1n) is 13.1. The van der Waals surface area contributed by atoms with E-state index >= 15 is 0 Å². The van der Waals surface area contributed by atoms with Gasteiger partial charge in [-0.1, -0.05) is 6.07 Å². The summed E-state index contributed by atoms with van der Waals surface area (Å²) in [6, 6.07) is 5.30. The molecule has 5 rings (SSSR count). The van der Waals surface area contributed by atoms with Gasteiger partial charge in [-0.05, 0) is 62.2 Å². The number of fused-ring (bicyclic) bond motifs is 3. The largest absolute Gasteiger partial charge is 0.510 e. The molecule has 0 saturated heterocycles. The minimum absolute atomic E-state index is 0.0239. The van der Waals surface area contributed by atoms with Crippen LogP contribution in [0.5, 0.6) is 23.0 Å². The van der Waals surface area contributed by atoms with Crippen molar-refractivity contribution in [3.8, 4) is 34.1 Å². The molecule has 6 N–H and O–H groups in total. The number of aromatic hydroxyl groups is 1. The van der Waals surface area contributed by atoms with Crippen LogP contribution < -0.4 is 19.9 Å². The molecule has 222 valence electrons. The summed E-state index contributed by atoms with van der Waals surface area (Å²) in [5, 5.41) is 45.0. The van der Waals surface area contributed by atoms with E-state index < -0.39 is 58.0 Å². The predicted molar refractivity (Wildman–Crippen MR) is 149 cm³/mol. The number of phenolic OH excluding ortho intramolecular Hbond substituents is 1. The third kappa shape index (κ3) is 3.78. The lowest BCUT2D eigenvalue weighted by molar-refractivity contribution is -0.148. The smallest absolute Gasteiger partial charge is 0.255 e. The molecule has 0 saturated carbocycles. The lowest BCUT2D eigenvalue weighted by atomic mass is 9.58. The first kappa shape index (κ1) is 29.0. The zero-order valence-electron chi connectivity index (χ0n) is 23.7. The number of amides is 1. The normalized spacial score (nSPS) is 25.2. The second-order valence-corrected chi connectivity index (χ2v) is 10.8. The second kappa shape index (κ2) is 10.1. The molecule has 42 heavy (non-hydrogen) atoms. The Bertz CT molecular complexity index is 1610. The molecule has 1 amide bonds. The maximum absolute atomic E-state index is 14.0. The predicted octanol–water partition coefficient (Wildman–Crippen LogP) is 1.81. The van der Waals surface area contributed by atoms with E-state index in [1.807, 2.05) is 0 Å². The van der Waals surface area contributed by atoms with Crippen LogP contribution in [0.25, 0.3) is 11.1 Å². The Morgan fingerprint density at radius 2 is 1.62 bits per heavy atom. The van der Waals surface area contributed by atoms with Crippen molar-refractivity contribution in [1.82, 2.24) is 4.90 Å². The van der Waals surface area contributed by atoms with Crippen molar-refractivity contribution in [2.24, 2.45) is 17.6 Å². The van der Waals surface area contributed by atoms with Crippen molar-refractivity contribution in [1.29, 1.82) is 0 Å².